The lowest BCUT2D eigenvalue weighted by atomic mass is 10.1. The Morgan fingerprint density at radius 1 is 1.47 bits per heavy atom. The Morgan fingerprint density at radius 2 is 2.00 bits per heavy atom. The first-order valence-corrected chi connectivity index (χ1v) is 6.38. The van der Waals surface area contributed by atoms with Crippen LogP contribution in [0.15, 0.2) is 0 Å². The maximum absolute atomic E-state index is 10.7. The molecule has 0 radical (unpaired) electrons. The van der Waals surface area contributed by atoms with Gasteiger partial charge in [0, 0.05) is 4.75 Å². The molecule has 4 heteroatoms. The summed E-state index contributed by atoms with van der Waals surface area (Å²) in [6.07, 6.45) is 2.31. The molecule has 0 rings (SSSR count). The maximum Gasteiger partial charge on any atom is 0.321 e. The van der Waals surface area contributed by atoms with E-state index in [4.69, 9.17) is 10.8 Å². The van der Waals surface area contributed by atoms with Gasteiger partial charge < -0.3 is 10.8 Å². The van der Waals surface area contributed by atoms with Crippen LogP contribution < -0.4 is 5.73 Å². The van der Waals surface area contributed by atoms with Crippen LogP contribution >= 0.6 is 11.8 Å². The molecule has 0 heterocycles. The molecule has 0 saturated carbocycles. The normalized spacial score (nSPS) is 14.3. The molecule has 90 valence electrons. The van der Waals surface area contributed by atoms with Crippen LogP contribution in [0, 0.1) is 5.92 Å². The van der Waals surface area contributed by atoms with Gasteiger partial charge >= 0.3 is 5.97 Å². The summed E-state index contributed by atoms with van der Waals surface area (Å²) in [7, 11) is 0. The van der Waals surface area contributed by atoms with Crippen LogP contribution in [0.2, 0.25) is 0 Å². The molecule has 0 aromatic heterocycles. The van der Waals surface area contributed by atoms with Crippen molar-refractivity contribution in [3.05, 3.63) is 0 Å². The minimum absolute atomic E-state index is 0.386. The van der Waals surface area contributed by atoms with E-state index in [1.165, 1.54) is 6.42 Å². The SMILES string of the molecule is CC(C)CCCSC(C)(C)[C@H](N)C(=O)O. The van der Waals surface area contributed by atoms with E-state index in [2.05, 4.69) is 13.8 Å². The van der Waals surface area contributed by atoms with E-state index in [9.17, 15) is 4.79 Å². The Hall–Kier alpha value is -0.220. The molecule has 0 saturated heterocycles. The maximum atomic E-state index is 10.7. The van der Waals surface area contributed by atoms with E-state index in [0.29, 0.717) is 5.92 Å². The highest BCUT2D eigenvalue weighted by atomic mass is 32.2. The van der Waals surface area contributed by atoms with Crippen molar-refractivity contribution in [3.63, 3.8) is 0 Å². The lowest BCUT2D eigenvalue weighted by Gasteiger charge is -2.28. The molecule has 0 aromatic carbocycles. The molecule has 3 nitrogen and oxygen atoms in total. The van der Waals surface area contributed by atoms with Crippen molar-refractivity contribution < 1.29 is 9.90 Å². The highest BCUT2D eigenvalue weighted by Gasteiger charge is 2.32. The lowest BCUT2D eigenvalue weighted by Crippen LogP contribution is -2.46. The van der Waals surface area contributed by atoms with E-state index < -0.39 is 12.0 Å². The monoisotopic (exact) mass is 233 g/mol. The van der Waals surface area contributed by atoms with Gasteiger partial charge in [-0.25, -0.2) is 0 Å². The zero-order valence-corrected chi connectivity index (χ0v) is 10.9. The lowest BCUT2D eigenvalue weighted by molar-refractivity contribution is -0.139. The van der Waals surface area contributed by atoms with Gasteiger partial charge in [0.15, 0.2) is 0 Å². The number of carboxylic acid groups (broad SMARTS) is 1. The minimum atomic E-state index is -0.920. The Kier molecular flexibility index (Phi) is 6.29. The van der Waals surface area contributed by atoms with Gasteiger partial charge in [0.05, 0.1) is 0 Å². The number of aliphatic carboxylic acids is 1. The van der Waals surface area contributed by atoms with Gasteiger partial charge in [-0.05, 0) is 31.9 Å². The van der Waals surface area contributed by atoms with Crippen LogP contribution in [0.25, 0.3) is 0 Å². The molecule has 0 bridgehead atoms. The van der Waals surface area contributed by atoms with Crippen molar-refractivity contribution in [3.8, 4) is 0 Å². The third-order valence-electron chi connectivity index (χ3n) is 2.41. The molecular weight excluding hydrogens is 210 g/mol. The smallest absolute Gasteiger partial charge is 0.321 e. The molecule has 0 aliphatic carbocycles. The molecule has 1 atom stereocenters. The number of nitrogens with two attached hydrogens (primary N) is 1. The predicted molar refractivity (Wildman–Crippen MR) is 66.2 cm³/mol. The van der Waals surface area contributed by atoms with Crippen molar-refractivity contribution in [1.82, 2.24) is 0 Å². The number of thioether (sulfide) groups is 1. The second-order valence-corrected chi connectivity index (χ2v) is 6.55. The third-order valence-corrected chi connectivity index (χ3v) is 3.91. The van der Waals surface area contributed by atoms with Crippen LogP contribution in [-0.2, 0) is 4.79 Å². The predicted octanol–water partition coefficient (Wildman–Crippen LogP) is 2.35. The van der Waals surface area contributed by atoms with Crippen LogP contribution in [0.1, 0.15) is 40.5 Å². The number of rotatable bonds is 7. The number of hydrogen-bond acceptors (Lipinski definition) is 3. The first kappa shape index (κ1) is 14.8. The van der Waals surface area contributed by atoms with Crippen molar-refractivity contribution in [1.29, 1.82) is 0 Å². The van der Waals surface area contributed by atoms with Gasteiger partial charge in [-0.1, -0.05) is 20.3 Å². The van der Waals surface area contributed by atoms with E-state index in [0.717, 1.165) is 12.2 Å². The highest BCUT2D eigenvalue weighted by Crippen LogP contribution is 2.28. The molecule has 15 heavy (non-hydrogen) atoms. The Balaban J connectivity index is 3.88. The Morgan fingerprint density at radius 3 is 2.40 bits per heavy atom. The van der Waals surface area contributed by atoms with E-state index in [1.807, 2.05) is 13.8 Å². The van der Waals surface area contributed by atoms with Crippen LogP contribution in [-0.4, -0.2) is 27.6 Å². The summed E-state index contributed by atoms with van der Waals surface area (Å²) in [6, 6.07) is -0.790. The standard InChI is InChI=1S/C11H23NO2S/c1-8(2)6-5-7-15-11(3,4)9(12)10(13)14/h8-9H,5-7,12H2,1-4H3,(H,13,14)/t9-/m1/s1. The minimum Gasteiger partial charge on any atom is -0.480 e. The third kappa shape index (κ3) is 6.05. The summed E-state index contributed by atoms with van der Waals surface area (Å²) in [4.78, 5) is 10.7. The Bertz CT molecular complexity index is 205. The van der Waals surface area contributed by atoms with Gasteiger partial charge in [-0.15, -0.1) is 0 Å². The zero-order valence-electron chi connectivity index (χ0n) is 10.1. The summed E-state index contributed by atoms with van der Waals surface area (Å²) >= 11 is 1.65. The van der Waals surface area contributed by atoms with Gasteiger partial charge in [-0.3, -0.25) is 4.79 Å². The van der Waals surface area contributed by atoms with E-state index in [-0.39, 0.29) is 4.75 Å². The summed E-state index contributed by atoms with van der Waals surface area (Å²) in [5, 5.41) is 8.82. The van der Waals surface area contributed by atoms with Crippen LogP contribution in [0.5, 0.6) is 0 Å². The van der Waals surface area contributed by atoms with Gasteiger partial charge in [0.1, 0.15) is 6.04 Å². The first-order valence-electron chi connectivity index (χ1n) is 5.39. The fraction of sp³-hybridized carbons (Fsp3) is 0.909. The number of carbonyl (C=O) groups is 1. The van der Waals surface area contributed by atoms with Gasteiger partial charge in [0.2, 0.25) is 0 Å². The summed E-state index contributed by atoms with van der Waals surface area (Å²) in [5.74, 6) is 0.768. The fourth-order valence-electron chi connectivity index (χ4n) is 1.21. The average molecular weight is 233 g/mol. The molecule has 0 aliphatic rings. The van der Waals surface area contributed by atoms with Crippen molar-refractivity contribution >= 4 is 17.7 Å². The van der Waals surface area contributed by atoms with Crippen molar-refractivity contribution in [2.24, 2.45) is 11.7 Å². The van der Waals surface area contributed by atoms with Crippen LogP contribution in [0.3, 0.4) is 0 Å². The second kappa shape index (κ2) is 6.38. The summed E-state index contributed by atoms with van der Waals surface area (Å²) in [5.41, 5.74) is 5.62. The molecule has 0 spiro atoms. The fourth-order valence-corrected chi connectivity index (χ4v) is 2.33. The molecule has 0 fully saturated rings. The highest BCUT2D eigenvalue weighted by molar-refractivity contribution is 8.00. The molecule has 0 aromatic rings. The van der Waals surface area contributed by atoms with Crippen molar-refractivity contribution in [2.45, 2.75) is 51.3 Å². The Labute approximate surface area is 96.8 Å². The summed E-state index contributed by atoms with van der Waals surface area (Å²) in [6.45, 7) is 8.18. The van der Waals surface area contributed by atoms with E-state index >= 15 is 0 Å². The second-order valence-electron chi connectivity index (χ2n) is 4.80. The first-order chi connectivity index (χ1) is 6.77. The molecular formula is C11H23NO2S. The molecule has 0 amide bonds. The molecule has 0 aliphatic heterocycles. The van der Waals surface area contributed by atoms with Gasteiger partial charge in [0.25, 0.3) is 0 Å². The number of carboxylic acids is 1. The average Bonchev–Trinajstić information content (AvgIpc) is 2.10. The van der Waals surface area contributed by atoms with Crippen molar-refractivity contribution in [2.75, 3.05) is 5.75 Å². The van der Waals surface area contributed by atoms with Crippen LogP contribution in [0.4, 0.5) is 0 Å². The number of hydrogen-bond donors (Lipinski definition) is 2. The zero-order chi connectivity index (χ0) is 12.1. The quantitative estimate of drug-likeness (QED) is 0.663. The van der Waals surface area contributed by atoms with E-state index in [1.54, 1.807) is 11.8 Å². The van der Waals surface area contributed by atoms with Gasteiger partial charge in [-0.2, -0.15) is 11.8 Å². The summed E-state index contributed by atoms with van der Waals surface area (Å²) < 4.78 is -0.386. The largest absolute Gasteiger partial charge is 0.480 e. The molecule has 0 unspecified atom stereocenters. The topological polar surface area (TPSA) is 63.3 Å². The molecule has 3 N–H and O–H groups in total.